The molecule has 0 saturated carbocycles. The lowest BCUT2D eigenvalue weighted by Crippen LogP contribution is -2.33. The number of nitrogens with one attached hydrogen (secondary N) is 1. The topological polar surface area (TPSA) is 73.2 Å². The van der Waals surface area contributed by atoms with Crippen LogP contribution in [0.15, 0.2) is 9.95 Å². The van der Waals surface area contributed by atoms with E-state index >= 15 is 0 Å². The van der Waals surface area contributed by atoms with Crippen molar-refractivity contribution in [2.45, 2.75) is 57.3 Å². The van der Waals surface area contributed by atoms with Crippen LogP contribution >= 0.6 is 23.1 Å². The van der Waals surface area contributed by atoms with Crippen LogP contribution in [-0.2, 0) is 28.9 Å². The first-order chi connectivity index (χ1) is 12.5. The average Bonchev–Trinajstić information content (AvgIpc) is 3.19. The van der Waals surface area contributed by atoms with E-state index in [-0.39, 0.29) is 23.3 Å². The zero-order valence-electron chi connectivity index (χ0n) is 15.5. The highest BCUT2D eigenvalue weighted by Crippen LogP contribution is 2.35. The Labute approximate surface area is 161 Å². The van der Waals surface area contributed by atoms with E-state index in [1.54, 1.807) is 23.0 Å². The average molecular weight is 396 g/mol. The number of ether oxygens (including phenoxy) is 1. The highest BCUT2D eigenvalue weighted by atomic mass is 32.2. The molecule has 0 aromatic carbocycles. The summed E-state index contributed by atoms with van der Waals surface area (Å²) in [5, 5.41) is 4.32. The first-order valence-corrected chi connectivity index (χ1v) is 10.8. The molecule has 1 aliphatic rings. The van der Waals surface area contributed by atoms with Gasteiger partial charge in [0.2, 0.25) is 5.91 Å². The Morgan fingerprint density at radius 2 is 2.27 bits per heavy atom. The second-order valence-corrected chi connectivity index (χ2v) is 8.57. The maximum absolute atomic E-state index is 13.1. The van der Waals surface area contributed by atoms with Gasteiger partial charge in [-0.15, -0.1) is 11.3 Å². The molecular formula is C18H25N3O3S2. The lowest BCUT2D eigenvalue weighted by Gasteiger charge is -2.13. The second kappa shape index (κ2) is 8.54. The van der Waals surface area contributed by atoms with E-state index in [0.717, 1.165) is 35.9 Å². The minimum absolute atomic E-state index is 0.00344. The number of aromatic nitrogens is 2. The first-order valence-electron chi connectivity index (χ1n) is 9.01. The Morgan fingerprint density at radius 1 is 1.46 bits per heavy atom. The van der Waals surface area contributed by atoms with Gasteiger partial charge in [0.25, 0.3) is 5.56 Å². The van der Waals surface area contributed by atoms with Crippen LogP contribution in [-0.4, -0.2) is 41.0 Å². The van der Waals surface area contributed by atoms with Crippen LogP contribution in [0.2, 0.25) is 0 Å². The molecule has 1 aliphatic carbocycles. The van der Waals surface area contributed by atoms with Gasteiger partial charge in [0.1, 0.15) is 4.83 Å². The third-order valence-corrected chi connectivity index (χ3v) is 6.82. The zero-order chi connectivity index (χ0) is 18.7. The normalized spacial score (nSPS) is 14.6. The van der Waals surface area contributed by atoms with Crippen LogP contribution in [0.25, 0.3) is 10.2 Å². The molecular weight excluding hydrogens is 370 g/mol. The Morgan fingerprint density at radius 3 is 3.00 bits per heavy atom. The molecule has 2 aromatic heterocycles. The minimum atomic E-state index is -0.0364. The zero-order valence-corrected chi connectivity index (χ0v) is 17.1. The summed E-state index contributed by atoms with van der Waals surface area (Å²) in [4.78, 5) is 32.0. The van der Waals surface area contributed by atoms with Gasteiger partial charge in [-0.25, -0.2) is 4.98 Å². The molecule has 6 nitrogen and oxygen atoms in total. The van der Waals surface area contributed by atoms with Crippen LogP contribution in [0, 0.1) is 0 Å². The summed E-state index contributed by atoms with van der Waals surface area (Å²) < 4.78 is 6.83. The molecule has 1 amide bonds. The number of carbonyl (C=O) groups is 1. The van der Waals surface area contributed by atoms with Crippen molar-refractivity contribution < 1.29 is 9.53 Å². The molecule has 1 N–H and O–H groups in total. The Kier molecular flexibility index (Phi) is 6.37. The summed E-state index contributed by atoms with van der Waals surface area (Å²) in [6.45, 7) is 4.89. The molecule has 1 atom stereocenters. The third kappa shape index (κ3) is 3.97. The lowest BCUT2D eigenvalue weighted by molar-refractivity contribution is -0.119. The number of fused-ring (bicyclic) bond motifs is 3. The Bertz CT molecular complexity index is 859. The van der Waals surface area contributed by atoms with E-state index in [4.69, 9.17) is 9.72 Å². The highest BCUT2D eigenvalue weighted by Gasteiger charge is 2.23. The van der Waals surface area contributed by atoms with E-state index in [9.17, 15) is 9.59 Å². The third-order valence-electron chi connectivity index (χ3n) is 4.66. The highest BCUT2D eigenvalue weighted by molar-refractivity contribution is 7.99. The van der Waals surface area contributed by atoms with Gasteiger partial charge in [0.05, 0.1) is 24.3 Å². The Balaban J connectivity index is 1.90. The van der Waals surface area contributed by atoms with Crippen LogP contribution in [0.3, 0.4) is 0 Å². The van der Waals surface area contributed by atoms with Gasteiger partial charge >= 0.3 is 0 Å². The van der Waals surface area contributed by atoms with Gasteiger partial charge in [-0.3, -0.25) is 14.2 Å². The number of nitrogens with zero attached hydrogens (tertiary/aromatic N) is 2. The molecule has 2 aromatic rings. The van der Waals surface area contributed by atoms with E-state index in [0.29, 0.717) is 18.3 Å². The van der Waals surface area contributed by atoms with Gasteiger partial charge in [0.15, 0.2) is 5.16 Å². The van der Waals surface area contributed by atoms with Crippen molar-refractivity contribution >= 4 is 39.2 Å². The fraction of sp³-hybridized carbons (Fsp3) is 0.611. The maximum atomic E-state index is 13.1. The van der Waals surface area contributed by atoms with E-state index in [1.165, 1.54) is 22.2 Å². The van der Waals surface area contributed by atoms with Gasteiger partial charge in [-0.1, -0.05) is 18.7 Å². The van der Waals surface area contributed by atoms with Crippen LogP contribution in [0.5, 0.6) is 0 Å². The number of thiophene rings is 1. The molecule has 0 radical (unpaired) electrons. The number of methoxy groups -OCH3 is 1. The molecule has 0 aliphatic heterocycles. The van der Waals surface area contributed by atoms with E-state index in [2.05, 4.69) is 5.32 Å². The number of hydrogen-bond acceptors (Lipinski definition) is 6. The molecule has 26 heavy (non-hydrogen) atoms. The molecule has 0 unspecified atom stereocenters. The van der Waals surface area contributed by atoms with Crippen molar-refractivity contribution in [2.24, 2.45) is 0 Å². The number of aryl methyl sites for hydroxylation is 2. The monoisotopic (exact) mass is 395 g/mol. The largest absolute Gasteiger partial charge is 0.383 e. The molecule has 2 heterocycles. The summed E-state index contributed by atoms with van der Waals surface area (Å²) in [5.41, 5.74) is 1.18. The van der Waals surface area contributed by atoms with Gasteiger partial charge < -0.3 is 10.1 Å². The maximum Gasteiger partial charge on any atom is 0.263 e. The van der Waals surface area contributed by atoms with Crippen LogP contribution < -0.4 is 10.9 Å². The van der Waals surface area contributed by atoms with Crippen LogP contribution in [0.1, 0.15) is 37.1 Å². The minimum Gasteiger partial charge on any atom is -0.383 e. The van der Waals surface area contributed by atoms with Gasteiger partial charge in [-0.05, 0) is 38.2 Å². The summed E-state index contributed by atoms with van der Waals surface area (Å²) in [6, 6.07) is 0.148. The van der Waals surface area contributed by atoms with Crippen molar-refractivity contribution in [1.29, 1.82) is 0 Å². The van der Waals surface area contributed by atoms with Crippen molar-refractivity contribution in [3.05, 3.63) is 20.8 Å². The predicted molar refractivity (Wildman–Crippen MR) is 106 cm³/mol. The number of hydrogen-bond donors (Lipinski definition) is 1. The second-order valence-electron chi connectivity index (χ2n) is 6.55. The molecule has 0 bridgehead atoms. The predicted octanol–water partition coefficient (Wildman–Crippen LogP) is 2.60. The summed E-state index contributed by atoms with van der Waals surface area (Å²) in [7, 11) is 1.62. The van der Waals surface area contributed by atoms with Gasteiger partial charge in [0, 0.05) is 18.0 Å². The smallest absolute Gasteiger partial charge is 0.263 e. The van der Waals surface area contributed by atoms with Crippen molar-refractivity contribution in [3.8, 4) is 0 Å². The fourth-order valence-electron chi connectivity index (χ4n) is 3.10. The van der Waals surface area contributed by atoms with Gasteiger partial charge in [-0.2, -0.15) is 0 Å². The number of rotatable bonds is 8. The molecule has 0 fully saturated rings. The quantitative estimate of drug-likeness (QED) is 0.549. The molecule has 142 valence electrons. The van der Waals surface area contributed by atoms with Crippen molar-refractivity contribution in [3.63, 3.8) is 0 Å². The molecule has 3 rings (SSSR count). The standard InChI is InChI=1S/C18H25N3O3S2/c1-4-11(2)19-14(22)10-25-18-20-16-15(12-6-5-7-13(12)26-16)17(23)21(18)8-9-24-3/h11H,4-10H2,1-3H3,(H,19,22)/t11-/m1/s1. The molecule has 8 heteroatoms. The first kappa shape index (κ1) is 19.4. The molecule has 0 spiro atoms. The lowest BCUT2D eigenvalue weighted by atomic mass is 10.2. The van der Waals surface area contributed by atoms with E-state index < -0.39 is 0 Å². The number of thioether (sulfide) groups is 1. The van der Waals surface area contributed by atoms with Crippen molar-refractivity contribution in [1.82, 2.24) is 14.9 Å². The molecule has 0 saturated heterocycles. The fourth-order valence-corrected chi connectivity index (χ4v) is 5.24. The number of carbonyl (C=O) groups excluding carboxylic acids is 1. The van der Waals surface area contributed by atoms with E-state index in [1.807, 2.05) is 13.8 Å². The summed E-state index contributed by atoms with van der Waals surface area (Å²) >= 11 is 2.94. The summed E-state index contributed by atoms with van der Waals surface area (Å²) in [5.74, 6) is 0.214. The summed E-state index contributed by atoms with van der Waals surface area (Å²) in [6.07, 6.45) is 3.99. The SMILES string of the molecule is CC[C@@H](C)NC(=O)CSc1nc2sc3c(c2c(=O)n1CCOC)CCC3. The Hall–Kier alpha value is -1.38. The van der Waals surface area contributed by atoms with Crippen molar-refractivity contribution in [2.75, 3.05) is 19.5 Å². The number of amides is 1. The van der Waals surface area contributed by atoms with Crippen LogP contribution in [0.4, 0.5) is 0 Å².